The van der Waals surface area contributed by atoms with E-state index in [4.69, 9.17) is 4.42 Å². The second kappa shape index (κ2) is 8.08. The number of carbonyl (C=O) groups excluding carboxylic acids is 1. The van der Waals surface area contributed by atoms with Crippen LogP contribution in [-0.4, -0.2) is 28.9 Å². The van der Waals surface area contributed by atoms with E-state index >= 15 is 0 Å². The van der Waals surface area contributed by atoms with Gasteiger partial charge in [-0.25, -0.2) is 4.79 Å². The molecule has 2 aromatic rings. The van der Waals surface area contributed by atoms with Crippen molar-refractivity contribution in [3.63, 3.8) is 0 Å². The van der Waals surface area contributed by atoms with Gasteiger partial charge >= 0.3 is 5.63 Å². The molecule has 0 spiro atoms. The van der Waals surface area contributed by atoms with Crippen LogP contribution in [0.1, 0.15) is 40.9 Å². The summed E-state index contributed by atoms with van der Waals surface area (Å²) in [4.78, 5) is 37.1. The third-order valence-electron chi connectivity index (χ3n) is 4.62. The lowest BCUT2D eigenvalue weighted by Crippen LogP contribution is -2.29. The number of allylic oxidation sites excluding steroid dienone is 1. The van der Waals surface area contributed by atoms with Crippen LogP contribution in [0.4, 0.5) is 11.4 Å². The molecule has 3 rings (SSSR count). The Kier molecular flexibility index (Phi) is 5.58. The van der Waals surface area contributed by atoms with Crippen molar-refractivity contribution in [2.45, 2.75) is 26.2 Å². The van der Waals surface area contributed by atoms with Gasteiger partial charge in [0.25, 0.3) is 5.69 Å². The van der Waals surface area contributed by atoms with E-state index in [-0.39, 0.29) is 11.4 Å². The van der Waals surface area contributed by atoms with Gasteiger partial charge in [-0.3, -0.25) is 14.9 Å². The van der Waals surface area contributed by atoms with Crippen molar-refractivity contribution in [2.75, 3.05) is 18.0 Å². The van der Waals surface area contributed by atoms with Gasteiger partial charge in [0.1, 0.15) is 22.8 Å². The fourth-order valence-corrected chi connectivity index (χ4v) is 3.27. The van der Waals surface area contributed by atoms with Gasteiger partial charge in [-0.2, -0.15) is 0 Å². The molecule has 146 valence electrons. The smallest absolute Gasteiger partial charge is 0.351 e. The number of ketones is 1. The van der Waals surface area contributed by atoms with Gasteiger partial charge in [0.2, 0.25) is 0 Å². The molecule has 0 unspecified atom stereocenters. The normalized spacial score (nSPS) is 14.4. The van der Waals surface area contributed by atoms with Crippen LogP contribution < -0.4 is 10.5 Å². The molecule has 0 atom stereocenters. The first-order valence-electron chi connectivity index (χ1n) is 8.96. The number of nitro benzene ring substituents is 1. The number of piperidine rings is 1. The summed E-state index contributed by atoms with van der Waals surface area (Å²) >= 11 is 0. The maximum absolute atomic E-state index is 12.3. The van der Waals surface area contributed by atoms with Gasteiger partial charge in [-0.05, 0) is 43.9 Å². The Morgan fingerprint density at radius 1 is 1.25 bits per heavy atom. The van der Waals surface area contributed by atoms with Crippen molar-refractivity contribution in [1.29, 1.82) is 0 Å². The average Bonchev–Trinajstić information content (AvgIpc) is 2.66. The number of carbonyl (C=O) groups is 1. The van der Waals surface area contributed by atoms with Crippen LogP contribution >= 0.6 is 0 Å². The van der Waals surface area contributed by atoms with Crippen molar-refractivity contribution in [3.05, 3.63) is 67.8 Å². The zero-order chi connectivity index (χ0) is 20.3. The lowest BCUT2D eigenvalue weighted by atomic mass is 10.1. The summed E-state index contributed by atoms with van der Waals surface area (Å²) in [5, 5.41) is 21.3. The molecule has 2 heterocycles. The van der Waals surface area contributed by atoms with Crippen molar-refractivity contribution in [3.8, 4) is 5.75 Å². The van der Waals surface area contributed by atoms with Gasteiger partial charge < -0.3 is 14.4 Å². The van der Waals surface area contributed by atoms with E-state index in [2.05, 4.69) is 0 Å². The zero-order valence-electron chi connectivity index (χ0n) is 15.4. The van der Waals surface area contributed by atoms with E-state index in [9.17, 15) is 24.8 Å². The summed E-state index contributed by atoms with van der Waals surface area (Å²) in [6.45, 7) is 3.03. The molecule has 0 saturated carbocycles. The summed E-state index contributed by atoms with van der Waals surface area (Å²) in [5.41, 5.74) is -0.434. The molecule has 1 fully saturated rings. The number of benzene rings is 1. The summed E-state index contributed by atoms with van der Waals surface area (Å²) in [7, 11) is 0. The zero-order valence-corrected chi connectivity index (χ0v) is 15.4. The fourth-order valence-electron chi connectivity index (χ4n) is 3.27. The Balaban J connectivity index is 1.88. The lowest BCUT2D eigenvalue weighted by molar-refractivity contribution is -0.384. The van der Waals surface area contributed by atoms with Gasteiger partial charge in [-0.15, -0.1) is 0 Å². The SMILES string of the molecule is Cc1cc(O)c(C(=O)/C=C/c2ccc(N3CCCCC3)c([N+](=O)[O-])c2)c(=O)o1. The Labute approximate surface area is 160 Å². The molecule has 0 bridgehead atoms. The number of nitrogens with zero attached hydrogens (tertiary/aromatic N) is 2. The van der Waals surface area contributed by atoms with Crippen LogP contribution in [0.5, 0.6) is 5.75 Å². The first-order chi connectivity index (χ1) is 13.4. The molecular formula is C20H20N2O6. The molecule has 1 aromatic heterocycles. The Hall–Kier alpha value is -3.42. The predicted molar refractivity (Wildman–Crippen MR) is 104 cm³/mol. The van der Waals surface area contributed by atoms with Crippen LogP contribution in [0.3, 0.4) is 0 Å². The molecule has 0 amide bonds. The highest BCUT2D eigenvalue weighted by atomic mass is 16.6. The number of rotatable bonds is 5. The molecule has 0 radical (unpaired) electrons. The van der Waals surface area contributed by atoms with E-state index in [1.807, 2.05) is 4.90 Å². The standard InChI is InChI=1S/C20H20N2O6/c1-13-11-18(24)19(20(25)28-13)17(23)8-6-14-5-7-15(16(12-14)22(26)27)21-9-3-2-4-10-21/h5-8,11-12,24H,2-4,9-10H2,1H3/b8-6+. The first-order valence-corrected chi connectivity index (χ1v) is 8.96. The van der Waals surface area contributed by atoms with Crippen molar-refractivity contribution < 1.29 is 19.2 Å². The lowest BCUT2D eigenvalue weighted by Gasteiger charge is -2.28. The quantitative estimate of drug-likeness (QED) is 0.363. The molecule has 1 aromatic carbocycles. The van der Waals surface area contributed by atoms with Crippen LogP contribution in [0.15, 0.2) is 39.6 Å². The van der Waals surface area contributed by atoms with Crippen LogP contribution in [0.2, 0.25) is 0 Å². The van der Waals surface area contributed by atoms with E-state index in [0.717, 1.165) is 38.4 Å². The number of aromatic hydroxyl groups is 1. The molecule has 8 nitrogen and oxygen atoms in total. The predicted octanol–water partition coefficient (Wildman–Crippen LogP) is 3.45. The van der Waals surface area contributed by atoms with Gasteiger partial charge in [0.15, 0.2) is 5.78 Å². The minimum Gasteiger partial charge on any atom is -0.507 e. The Morgan fingerprint density at radius 3 is 2.61 bits per heavy atom. The van der Waals surface area contributed by atoms with E-state index in [0.29, 0.717) is 11.3 Å². The van der Waals surface area contributed by atoms with Crippen LogP contribution in [0.25, 0.3) is 6.08 Å². The number of anilines is 1. The highest BCUT2D eigenvalue weighted by molar-refractivity contribution is 6.08. The summed E-state index contributed by atoms with van der Waals surface area (Å²) in [5.74, 6) is -1.02. The molecule has 1 saturated heterocycles. The molecule has 8 heteroatoms. The third-order valence-corrected chi connectivity index (χ3v) is 4.62. The van der Waals surface area contributed by atoms with Gasteiger partial charge in [0, 0.05) is 25.2 Å². The monoisotopic (exact) mass is 384 g/mol. The maximum Gasteiger partial charge on any atom is 0.351 e. The third kappa shape index (κ3) is 4.11. The molecule has 1 aliphatic heterocycles. The molecule has 28 heavy (non-hydrogen) atoms. The van der Waals surface area contributed by atoms with Crippen molar-refractivity contribution in [2.24, 2.45) is 0 Å². The van der Waals surface area contributed by atoms with E-state index < -0.39 is 27.6 Å². The highest BCUT2D eigenvalue weighted by Gasteiger charge is 2.21. The average molecular weight is 384 g/mol. The summed E-state index contributed by atoms with van der Waals surface area (Å²) in [6.07, 6.45) is 5.56. The van der Waals surface area contributed by atoms with Crippen LogP contribution in [-0.2, 0) is 0 Å². The number of hydrogen-bond donors (Lipinski definition) is 1. The van der Waals surface area contributed by atoms with E-state index in [1.165, 1.54) is 25.1 Å². The minimum atomic E-state index is -0.932. The second-order valence-corrected chi connectivity index (χ2v) is 6.66. The minimum absolute atomic E-state index is 0.0332. The molecule has 0 aliphatic carbocycles. The Morgan fingerprint density at radius 2 is 1.96 bits per heavy atom. The van der Waals surface area contributed by atoms with E-state index in [1.54, 1.807) is 12.1 Å². The summed E-state index contributed by atoms with van der Waals surface area (Å²) < 4.78 is 4.83. The fraction of sp³-hybridized carbons (Fsp3) is 0.300. The van der Waals surface area contributed by atoms with Crippen LogP contribution in [0, 0.1) is 17.0 Å². The van der Waals surface area contributed by atoms with Crippen molar-refractivity contribution >= 4 is 23.2 Å². The second-order valence-electron chi connectivity index (χ2n) is 6.66. The molecular weight excluding hydrogens is 364 g/mol. The first kappa shape index (κ1) is 19.3. The van der Waals surface area contributed by atoms with Gasteiger partial charge in [-0.1, -0.05) is 12.1 Å². The number of hydrogen-bond acceptors (Lipinski definition) is 7. The summed E-state index contributed by atoms with van der Waals surface area (Å²) in [6, 6.07) is 5.93. The molecule has 1 N–H and O–H groups in total. The molecule has 1 aliphatic rings. The largest absolute Gasteiger partial charge is 0.507 e. The number of aryl methyl sites for hydroxylation is 1. The topological polar surface area (TPSA) is 114 Å². The highest BCUT2D eigenvalue weighted by Crippen LogP contribution is 2.31. The maximum atomic E-state index is 12.3. The van der Waals surface area contributed by atoms with Crippen molar-refractivity contribution in [1.82, 2.24) is 0 Å². The number of nitro groups is 1. The van der Waals surface area contributed by atoms with Gasteiger partial charge in [0.05, 0.1) is 4.92 Å². The Bertz CT molecular complexity index is 1000.